The zero-order valence-corrected chi connectivity index (χ0v) is 8.08. The summed E-state index contributed by atoms with van der Waals surface area (Å²) in [7, 11) is 1.62. The van der Waals surface area contributed by atoms with Crippen LogP contribution in [-0.4, -0.2) is 7.11 Å². The van der Waals surface area contributed by atoms with Crippen LogP contribution in [0.3, 0.4) is 0 Å². The van der Waals surface area contributed by atoms with Gasteiger partial charge >= 0.3 is 0 Å². The summed E-state index contributed by atoms with van der Waals surface area (Å²) in [6.45, 7) is 0. The van der Waals surface area contributed by atoms with Crippen LogP contribution < -0.4 is 4.74 Å². The smallest absolute Gasteiger partial charge is 0.138 e. The second-order valence-electron chi connectivity index (χ2n) is 2.45. The molecule has 0 aliphatic heterocycles. The maximum Gasteiger partial charge on any atom is 0.138 e. The molecule has 0 saturated carbocycles. The van der Waals surface area contributed by atoms with Crippen LogP contribution in [0.25, 0.3) is 10.1 Å². The predicted octanol–water partition coefficient (Wildman–Crippen LogP) is 3.56. The van der Waals surface area contributed by atoms with Crippen molar-refractivity contribution in [1.82, 2.24) is 0 Å². The molecule has 0 aliphatic carbocycles. The average Bonchev–Trinajstić information content (AvgIpc) is 2.49. The lowest BCUT2D eigenvalue weighted by Gasteiger charge is -2.01. The summed E-state index contributed by atoms with van der Waals surface area (Å²) in [5.41, 5.74) is 0. The quantitative estimate of drug-likeness (QED) is 0.681. The van der Waals surface area contributed by atoms with E-state index in [1.54, 1.807) is 18.4 Å². The molecule has 2 rings (SSSR count). The highest BCUT2D eigenvalue weighted by molar-refractivity contribution is 7.17. The topological polar surface area (TPSA) is 9.23 Å². The minimum absolute atomic E-state index is 0.674. The summed E-state index contributed by atoms with van der Waals surface area (Å²) >= 11 is 7.62. The number of methoxy groups -OCH3 is 1. The van der Waals surface area contributed by atoms with Gasteiger partial charge in [0.05, 0.1) is 12.1 Å². The fourth-order valence-corrected chi connectivity index (χ4v) is 2.24. The van der Waals surface area contributed by atoms with Crippen molar-refractivity contribution in [3.63, 3.8) is 0 Å². The molecule has 0 amide bonds. The third kappa shape index (κ3) is 1.17. The van der Waals surface area contributed by atoms with Crippen LogP contribution >= 0.6 is 22.9 Å². The Balaban J connectivity index is 2.73. The van der Waals surface area contributed by atoms with Crippen LogP contribution in [0.4, 0.5) is 0 Å². The first-order valence-electron chi connectivity index (χ1n) is 3.52. The first-order chi connectivity index (χ1) is 5.81. The normalized spacial score (nSPS) is 10.5. The van der Waals surface area contributed by atoms with Crippen LogP contribution in [0.2, 0.25) is 5.02 Å². The van der Waals surface area contributed by atoms with Crippen molar-refractivity contribution >= 4 is 33.0 Å². The van der Waals surface area contributed by atoms with E-state index in [1.165, 1.54) is 10.1 Å². The Kier molecular flexibility index (Phi) is 1.95. The Morgan fingerprint density at radius 1 is 1.42 bits per heavy atom. The Bertz CT molecular complexity index is 408. The van der Waals surface area contributed by atoms with Crippen LogP contribution in [0.15, 0.2) is 23.6 Å². The minimum atomic E-state index is 0.674. The van der Waals surface area contributed by atoms with Crippen LogP contribution in [-0.2, 0) is 0 Å². The monoisotopic (exact) mass is 198 g/mol. The number of ether oxygens (including phenoxy) is 1. The van der Waals surface area contributed by atoms with Crippen molar-refractivity contribution < 1.29 is 4.74 Å². The maximum absolute atomic E-state index is 5.94. The fourth-order valence-electron chi connectivity index (χ4n) is 1.12. The lowest BCUT2D eigenvalue weighted by atomic mass is 10.2. The number of rotatable bonds is 1. The predicted molar refractivity (Wildman–Crippen MR) is 53.4 cm³/mol. The molecule has 0 bridgehead atoms. The van der Waals surface area contributed by atoms with Gasteiger partial charge in [-0.15, -0.1) is 11.3 Å². The first-order valence-corrected chi connectivity index (χ1v) is 4.78. The minimum Gasteiger partial charge on any atom is -0.495 e. The largest absolute Gasteiger partial charge is 0.495 e. The Hall–Kier alpha value is -0.730. The lowest BCUT2D eigenvalue weighted by molar-refractivity contribution is 0.415. The van der Waals surface area contributed by atoms with Gasteiger partial charge in [-0.2, -0.15) is 0 Å². The first kappa shape index (κ1) is 7.90. The summed E-state index contributed by atoms with van der Waals surface area (Å²) in [6, 6.07) is 5.94. The van der Waals surface area contributed by atoms with E-state index in [0.29, 0.717) is 5.02 Å². The van der Waals surface area contributed by atoms with Crippen LogP contribution in [0.5, 0.6) is 5.75 Å². The number of benzene rings is 1. The van der Waals surface area contributed by atoms with Gasteiger partial charge in [-0.05, 0) is 29.0 Å². The lowest BCUT2D eigenvalue weighted by Crippen LogP contribution is -1.82. The number of hydrogen-bond acceptors (Lipinski definition) is 2. The molecule has 12 heavy (non-hydrogen) atoms. The second kappa shape index (κ2) is 2.96. The van der Waals surface area contributed by atoms with E-state index in [9.17, 15) is 0 Å². The van der Waals surface area contributed by atoms with E-state index in [2.05, 4.69) is 6.07 Å². The van der Waals surface area contributed by atoms with Crippen molar-refractivity contribution in [2.24, 2.45) is 0 Å². The molecular weight excluding hydrogens is 192 g/mol. The van der Waals surface area contributed by atoms with Crippen LogP contribution in [0.1, 0.15) is 0 Å². The van der Waals surface area contributed by atoms with E-state index in [0.717, 1.165) is 5.75 Å². The highest BCUT2D eigenvalue weighted by atomic mass is 35.5. The summed E-state index contributed by atoms with van der Waals surface area (Å²) in [5, 5.41) is 3.90. The molecule has 62 valence electrons. The number of hydrogen-bond donors (Lipinski definition) is 0. The van der Waals surface area contributed by atoms with Gasteiger partial charge in [0.25, 0.3) is 0 Å². The standard InChI is InChI=1S/C9H7ClOS/c1-11-8-4-6-2-3-12-9(6)5-7(8)10/h2-5H,1H3. The van der Waals surface area contributed by atoms with Gasteiger partial charge in [0.1, 0.15) is 5.75 Å². The van der Waals surface area contributed by atoms with E-state index < -0.39 is 0 Å². The van der Waals surface area contributed by atoms with Crippen molar-refractivity contribution in [3.05, 3.63) is 28.6 Å². The summed E-state index contributed by atoms with van der Waals surface area (Å²) < 4.78 is 6.29. The Morgan fingerprint density at radius 2 is 2.25 bits per heavy atom. The molecule has 0 radical (unpaired) electrons. The van der Waals surface area contributed by atoms with Gasteiger partial charge in [-0.25, -0.2) is 0 Å². The molecule has 0 aliphatic rings. The van der Waals surface area contributed by atoms with Gasteiger partial charge in [0, 0.05) is 4.70 Å². The highest BCUT2D eigenvalue weighted by Gasteiger charge is 2.02. The molecular formula is C9H7ClOS. The third-order valence-corrected chi connectivity index (χ3v) is 2.90. The van der Waals surface area contributed by atoms with Gasteiger partial charge in [-0.3, -0.25) is 0 Å². The molecule has 1 aromatic carbocycles. The Labute approximate surface area is 79.5 Å². The molecule has 1 aromatic heterocycles. The van der Waals surface area contributed by atoms with Crippen molar-refractivity contribution in [3.8, 4) is 5.75 Å². The molecule has 0 N–H and O–H groups in total. The Morgan fingerprint density at radius 3 is 3.00 bits per heavy atom. The van der Waals surface area contributed by atoms with E-state index >= 15 is 0 Å². The van der Waals surface area contributed by atoms with Crippen molar-refractivity contribution in [2.75, 3.05) is 7.11 Å². The molecule has 0 saturated heterocycles. The summed E-state index contributed by atoms with van der Waals surface area (Å²) in [5.74, 6) is 0.738. The van der Waals surface area contributed by atoms with Crippen molar-refractivity contribution in [1.29, 1.82) is 0 Å². The molecule has 0 atom stereocenters. The van der Waals surface area contributed by atoms with E-state index in [1.807, 2.05) is 17.5 Å². The zero-order chi connectivity index (χ0) is 8.55. The third-order valence-electron chi connectivity index (χ3n) is 1.73. The van der Waals surface area contributed by atoms with E-state index in [-0.39, 0.29) is 0 Å². The summed E-state index contributed by atoms with van der Waals surface area (Å²) in [4.78, 5) is 0. The number of halogens is 1. The molecule has 0 unspecified atom stereocenters. The number of fused-ring (bicyclic) bond motifs is 1. The SMILES string of the molecule is COc1cc2ccsc2cc1Cl. The van der Waals surface area contributed by atoms with Gasteiger partial charge in [-0.1, -0.05) is 11.6 Å². The van der Waals surface area contributed by atoms with Crippen molar-refractivity contribution in [2.45, 2.75) is 0 Å². The van der Waals surface area contributed by atoms with E-state index in [4.69, 9.17) is 16.3 Å². The highest BCUT2D eigenvalue weighted by Crippen LogP contribution is 2.32. The molecule has 3 heteroatoms. The maximum atomic E-state index is 5.94. The molecule has 2 aromatic rings. The molecule has 1 heterocycles. The second-order valence-corrected chi connectivity index (χ2v) is 3.80. The van der Waals surface area contributed by atoms with Gasteiger partial charge in [0.15, 0.2) is 0 Å². The number of thiophene rings is 1. The summed E-state index contributed by atoms with van der Waals surface area (Å²) in [6.07, 6.45) is 0. The fraction of sp³-hybridized carbons (Fsp3) is 0.111. The van der Waals surface area contributed by atoms with Crippen LogP contribution in [0, 0.1) is 0 Å². The molecule has 0 spiro atoms. The van der Waals surface area contributed by atoms with Gasteiger partial charge in [0.2, 0.25) is 0 Å². The zero-order valence-electron chi connectivity index (χ0n) is 6.50. The average molecular weight is 199 g/mol. The molecule has 0 fully saturated rings. The molecule has 1 nitrogen and oxygen atoms in total. The van der Waals surface area contributed by atoms with Gasteiger partial charge < -0.3 is 4.74 Å².